The molecule has 102 valence electrons. The monoisotopic (exact) mass is 260 g/mol. The van der Waals surface area contributed by atoms with E-state index in [-0.39, 0.29) is 17.6 Å². The first-order valence-corrected chi connectivity index (χ1v) is 6.90. The number of benzene rings is 1. The number of anilines is 1. The van der Waals surface area contributed by atoms with Gasteiger partial charge < -0.3 is 15.4 Å². The predicted octanol–water partition coefficient (Wildman–Crippen LogP) is 2.09. The summed E-state index contributed by atoms with van der Waals surface area (Å²) in [6.45, 7) is 5.09. The van der Waals surface area contributed by atoms with E-state index in [0.29, 0.717) is 0 Å². The average Bonchev–Trinajstić information content (AvgIpc) is 2.93. The molecule has 0 spiro atoms. The molecule has 2 aliphatic rings. The molecule has 0 radical (unpaired) electrons. The second-order valence-corrected chi connectivity index (χ2v) is 6.00. The summed E-state index contributed by atoms with van der Waals surface area (Å²) in [5, 5.41) is 6.19. The molecule has 1 fully saturated rings. The van der Waals surface area contributed by atoms with Gasteiger partial charge in [-0.1, -0.05) is 0 Å². The van der Waals surface area contributed by atoms with Gasteiger partial charge in [0.15, 0.2) is 0 Å². The molecule has 0 unspecified atom stereocenters. The highest BCUT2D eigenvalue weighted by molar-refractivity contribution is 5.95. The summed E-state index contributed by atoms with van der Waals surface area (Å²) in [4.78, 5) is 12.0. The number of rotatable bonds is 2. The van der Waals surface area contributed by atoms with Crippen molar-refractivity contribution in [2.75, 3.05) is 11.9 Å². The van der Waals surface area contributed by atoms with E-state index in [9.17, 15) is 4.79 Å². The van der Waals surface area contributed by atoms with Crippen LogP contribution in [0.15, 0.2) is 18.2 Å². The first-order chi connectivity index (χ1) is 9.03. The summed E-state index contributed by atoms with van der Waals surface area (Å²) < 4.78 is 5.83. The predicted molar refractivity (Wildman–Crippen MR) is 74.5 cm³/mol. The second kappa shape index (κ2) is 4.53. The van der Waals surface area contributed by atoms with E-state index in [1.165, 1.54) is 5.56 Å². The van der Waals surface area contributed by atoms with Crippen LogP contribution in [0.2, 0.25) is 0 Å². The minimum atomic E-state index is -0.141. The number of hydrogen-bond donors (Lipinski definition) is 2. The Hall–Kier alpha value is -1.55. The van der Waals surface area contributed by atoms with E-state index in [1.807, 2.05) is 18.2 Å². The Balaban J connectivity index is 1.71. The molecule has 1 aromatic rings. The molecule has 1 amide bonds. The molecule has 0 bridgehead atoms. The second-order valence-electron chi connectivity index (χ2n) is 6.00. The lowest BCUT2D eigenvalue weighted by atomic mass is 10.0. The van der Waals surface area contributed by atoms with E-state index < -0.39 is 0 Å². The molecule has 2 heterocycles. The van der Waals surface area contributed by atoms with Crippen molar-refractivity contribution in [3.63, 3.8) is 0 Å². The number of amides is 1. The largest absolute Gasteiger partial charge is 0.487 e. The van der Waals surface area contributed by atoms with Gasteiger partial charge >= 0.3 is 0 Å². The Morgan fingerprint density at radius 1 is 1.47 bits per heavy atom. The van der Waals surface area contributed by atoms with Crippen LogP contribution in [0, 0.1) is 0 Å². The number of hydrogen-bond acceptors (Lipinski definition) is 3. The molecule has 1 aromatic carbocycles. The number of carbonyl (C=O) groups excluding carboxylic acids is 1. The van der Waals surface area contributed by atoms with Crippen LogP contribution in [0.25, 0.3) is 0 Å². The van der Waals surface area contributed by atoms with Gasteiger partial charge in [0, 0.05) is 17.7 Å². The highest BCUT2D eigenvalue weighted by Crippen LogP contribution is 2.36. The average molecular weight is 260 g/mol. The maximum atomic E-state index is 12.0. The van der Waals surface area contributed by atoms with Crippen molar-refractivity contribution < 1.29 is 9.53 Å². The smallest absolute Gasteiger partial charge is 0.241 e. The van der Waals surface area contributed by atoms with Gasteiger partial charge in [0.1, 0.15) is 11.4 Å². The van der Waals surface area contributed by atoms with Crippen LogP contribution in [0.3, 0.4) is 0 Å². The minimum Gasteiger partial charge on any atom is -0.487 e. The first-order valence-electron chi connectivity index (χ1n) is 6.90. The third kappa shape index (κ3) is 2.59. The quantitative estimate of drug-likeness (QED) is 0.856. The highest BCUT2D eigenvalue weighted by atomic mass is 16.5. The maximum absolute atomic E-state index is 12.0. The van der Waals surface area contributed by atoms with Crippen LogP contribution in [0.5, 0.6) is 5.75 Å². The minimum absolute atomic E-state index is 0.0408. The van der Waals surface area contributed by atoms with E-state index in [2.05, 4.69) is 24.5 Å². The van der Waals surface area contributed by atoms with E-state index in [1.54, 1.807) is 0 Å². The molecular weight excluding hydrogens is 240 g/mol. The van der Waals surface area contributed by atoms with Crippen LogP contribution in [0.4, 0.5) is 5.69 Å². The third-order valence-corrected chi connectivity index (χ3v) is 3.71. The lowest BCUT2D eigenvalue weighted by Crippen LogP contribution is -2.35. The van der Waals surface area contributed by atoms with Gasteiger partial charge in [0.25, 0.3) is 0 Å². The highest BCUT2D eigenvalue weighted by Gasteiger charge is 2.30. The van der Waals surface area contributed by atoms with Gasteiger partial charge in [0.2, 0.25) is 5.91 Å². The molecule has 1 saturated heterocycles. The van der Waals surface area contributed by atoms with Gasteiger partial charge in [0.05, 0.1) is 6.04 Å². The molecule has 4 heteroatoms. The number of fused-ring (bicyclic) bond motifs is 1. The van der Waals surface area contributed by atoms with Crippen molar-refractivity contribution in [3.05, 3.63) is 23.8 Å². The van der Waals surface area contributed by atoms with Gasteiger partial charge in [-0.2, -0.15) is 0 Å². The summed E-state index contributed by atoms with van der Waals surface area (Å²) in [6, 6.07) is 5.84. The van der Waals surface area contributed by atoms with Crippen molar-refractivity contribution in [1.29, 1.82) is 0 Å². The lowest BCUT2D eigenvalue weighted by Gasteiger charge is -2.16. The summed E-state index contributed by atoms with van der Waals surface area (Å²) in [7, 11) is 0. The Morgan fingerprint density at radius 3 is 3.05 bits per heavy atom. The van der Waals surface area contributed by atoms with Gasteiger partial charge in [-0.3, -0.25) is 4.79 Å². The first kappa shape index (κ1) is 12.5. The lowest BCUT2D eigenvalue weighted by molar-refractivity contribution is -0.117. The number of nitrogens with one attached hydrogen (secondary N) is 2. The van der Waals surface area contributed by atoms with Gasteiger partial charge in [-0.15, -0.1) is 0 Å². The molecule has 2 N–H and O–H groups in total. The SMILES string of the molecule is CC1(C)Cc2cc(NC(=O)[C@@H]3CCCN3)ccc2O1. The maximum Gasteiger partial charge on any atom is 0.241 e. The van der Waals surface area contributed by atoms with E-state index in [0.717, 1.165) is 37.2 Å². The Morgan fingerprint density at radius 2 is 2.32 bits per heavy atom. The van der Waals surface area contributed by atoms with Crippen LogP contribution in [-0.2, 0) is 11.2 Å². The van der Waals surface area contributed by atoms with Gasteiger partial charge in [-0.25, -0.2) is 0 Å². The van der Waals surface area contributed by atoms with Crippen molar-refractivity contribution >= 4 is 11.6 Å². The van der Waals surface area contributed by atoms with Gasteiger partial charge in [-0.05, 0) is 51.4 Å². The summed E-state index contributed by atoms with van der Waals surface area (Å²) in [5.74, 6) is 0.998. The fraction of sp³-hybridized carbons (Fsp3) is 0.533. The van der Waals surface area contributed by atoms with Crippen molar-refractivity contribution in [2.24, 2.45) is 0 Å². The fourth-order valence-electron chi connectivity index (χ4n) is 2.83. The number of carbonyl (C=O) groups is 1. The molecule has 3 rings (SSSR count). The molecule has 0 saturated carbocycles. The van der Waals surface area contributed by atoms with E-state index >= 15 is 0 Å². The van der Waals surface area contributed by atoms with Crippen LogP contribution >= 0.6 is 0 Å². The molecule has 1 atom stereocenters. The molecule has 2 aliphatic heterocycles. The Kier molecular flexibility index (Phi) is 2.97. The summed E-state index contributed by atoms with van der Waals surface area (Å²) >= 11 is 0. The normalized spacial score (nSPS) is 23.8. The summed E-state index contributed by atoms with van der Waals surface area (Å²) in [6.07, 6.45) is 2.88. The zero-order valence-corrected chi connectivity index (χ0v) is 11.5. The molecule has 19 heavy (non-hydrogen) atoms. The standard InChI is InChI=1S/C15H20N2O2/c1-15(2)9-10-8-11(5-6-13(10)19-15)17-14(18)12-4-3-7-16-12/h5-6,8,12,16H,3-4,7,9H2,1-2H3,(H,17,18)/t12-/m0/s1. The topological polar surface area (TPSA) is 50.4 Å². The van der Waals surface area contributed by atoms with E-state index in [4.69, 9.17) is 4.74 Å². The zero-order valence-electron chi connectivity index (χ0n) is 11.5. The zero-order chi connectivity index (χ0) is 13.5. The summed E-state index contributed by atoms with van der Waals surface area (Å²) in [5.41, 5.74) is 1.89. The molecule has 4 nitrogen and oxygen atoms in total. The van der Waals surface area contributed by atoms with Crippen molar-refractivity contribution in [1.82, 2.24) is 5.32 Å². The number of ether oxygens (including phenoxy) is 1. The Bertz CT molecular complexity index is 505. The third-order valence-electron chi connectivity index (χ3n) is 3.71. The molecular formula is C15H20N2O2. The van der Waals surface area contributed by atoms with Crippen LogP contribution < -0.4 is 15.4 Å². The molecule has 0 aromatic heterocycles. The van der Waals surface area contributed by atoms with Crippen molar-refractivity contribution in [3.8, 4) is 5.75 Å². The van der Waals surface area contributed by atoms with Crippen molar-refractivity contribution in [2.45, 2.75) is 44.8 Å². The van der Waals surface area contributed by atoms with Crippen LogP contribution in [-0.4, -0.2) is 24.1 Å². The fourth-order valence-corrected chi connectivity index (χ4v) is 2.83. The molecule has 0 aliphatic carbocycles. The Labute approximate surface area is 113 Å². The van der Waals surface area contributed by atoms with Crippen LogP contribution in [0.1, 0.15) is 32.3 Å².